The van der Waals surface area contributed by atoms with Crippen LogP contribution < -0.4 is 5.32 Å². The van der Waals surface area contributed by atoms with E-state index in [1.165, 1.54) is 0 Å². The molecule has 1 unspecified atom stereocenters. The van der Waals surface area contributed by atoms with Crippen LogP contribution in [0.5, 0.6) is 0 Å². The van der Waals surface area contributed by atoms with E-state index in [1.54, 1.807) is 23.1 Å². The maximum Gasteiger partial charge on any atom is 0.221 e. The van der Waals surface area contributed by atoms with Crippen LogP contribution in [0.2, 0.25) is 0 Å². The minimum Gasteiger partial charge on any atom is -0.396 e. The van der Waals surface area contributed by atoms with Crippen LogP contribution in [-0.2, 0) is 10.5 Å². The lowest BCUT2D eigenvalue weighted by Crippen LogP contribution is -2.35. The van der Waals surface area contributed by atoms with Crippen LogP contribution in [-0.4, -0.2) is 34.4 Å². The van der Waals surface area contributed by atoms with Crippen LogP contribution in [0.15, 0.2) is 5.38 Å². The number of aliphatic hydroxyl groups is 1. The number of thiazole rings is 1. The lowest BCUT2D eigenvalue weighted by Gasteiger charge is -2.15. The van der Waals surface area contributed by atoms with Crippen molar-refractivity contribution in [3.8, 4) is 0 Å². The number of aromatic nitrogens is 1. The molecule has 1 atom stereocenters. The summed E-state index contributed by atoms with van der Waals surface area (Å²) in [6.07, 6.45) is 2.01. The highest BCUT2D eigenvalue weighted by atomic mass is 32.2. The Balaban J connectivity index is 2.13. The maximum absolute atomic E-state index is 11.7. The summed E-state index contributed by atoms with van der Waals surface area (Å²) in [6.45, 7) is 4.13. The van der Waals surface area contributed by atoms with Gasteiger partial charge in [0.05, 0.1) is 10.7 Å². The van der Waals surface area contributed by atoms with Crippen LogP contribution in [0, 0.1) is 6.92 Å². The van der Waals surface area contributed by atoms with Crippen LogP contribution in [0.3, 0.4) is 0 Å². The molecule has 1 aromatic rings. The number of carbonyl (C=O) groups excluding carboxylic acids is 1. The lowest BCUT2D eigenvalue weighted by atomic mass is 10.1. The Morgan fingerprint density at radius 3 is 3.00 bits per heavy atom. The molecule has 0 aliphatic rings. The van der Waals surface area contributed by atoms with Crippen molar-refractivity contribution in [2.24, 2.45) is 0 Å². The fourth-order valence-electron chi connectivity index (χ4n) is 1.65. The summed E-state index contributed by atoms with van der Waals surface area (Å²) in [5.41, 5.74) is 1.10. The van der Waals surface area contributed by atoms with Crippen LogP contribution >= 0.6 is 23.1 Å². The van der Waals surface area contributed by atoms with Gasteiger partial charge in [-0.15, -0.1) is 11.3 Å². The van der Waals surface area contributed by atoms with E-state index < -0.39 is 0 Å². The summed E-state index contributed by atoms with van der Waals surface area (Å²) in [5.74, 6) is 1.74. The second kappa shape index (κ2) is 9.34. The highest BCUT2D eigenvalue weighted by Crippen LogP contribution is 2.15. The van der Waals surface area contributed by atoms with Crippen LogP contribution in [0.1, 0.15) is 36.9 Å². The molecule has 1 heterocycles. The second-order valence-corrected chi connectivity index (χ2v) is 6.51. The Bertz CT molecular complexity index is 382. The molecule has 1 aromatic heterocycles. The van der Waals surface area contributed by atoms with Crippen LogP contribution in [0.25, 0.3) is 0 Å². The molecule has 0 saturated carbocycles. The molecule has 0 saturated heterocycles. The van der Waals surface area contributed by atoms with Gasteiger partial charge in [-0.1, -0.05) is 6.92 Å². The average Bonchev–Trinajstić information content (AvgIpc) is 2.80. The van der Waals surface area contributed by atoms with E-state index in [9.17, 15) is 4.79 Å². The number of nitrogens with one attached hydrogen (secondary N) is 1. The summed E-state index contributed by atoms with van der Waals surface area (Å²) >= 11 is 3.39. The third-order valence-electron chi connectivity index (χ3n) is 2.73. The van der Waals surface area contributed by atoms with Gasteiger partial charge in [-0.2, -0.15) is 11.8 Å². The van der Waals surface area contributed by atoms with E-state index in [4.69, 9.17) is 5.11 Å². The third-order valence-corrected chi connectivity index (χ3v) is 4.54. The third kappa shape index (κ3) is 6.94. The molecule has 0 radical (unpaired) electrons. The van der Waals surface area contributed by atoms with E-state index in [0.717, 1.165) is 28.6 Å². The van der Waals surface area contributed by atoms with Gasteiger partial charge < -0.3 is 10.4 Å². The number of rotatable bonds is 9. The van der Waals surface area contributed by atoms with Gasteiger partial charge >= 0.3 is 0 Å². The molecular formula is C13H22N2O2S2. The first kappa shape index (κ1) is 16.5. The van der Waals surface area contributed by atoms with Crippen molar-refractivity contribution in [2.75, 3.05) is 12.4 Å². The summed E-state index contributed by atoms with van der Waals surface area (Å²) in [5, 5.41) is 15.0. The van der Waals surface area contributed by atoms with Gasteiger partial charge in [-0.05, 0) is 19.8 Å². The Morgan fingerprint density at radius 1 is 1.63 bits per heavy atom. The van der Waals surface area contributed by atoms with Crippen molar-refractivity contribution in [1.82, 2.24) is 10.3 Å². The molecule has 1 amide bonds. The normalized spacial score (nSPS) is 12.4. The molecule has 0 bridgehead atoms. The number of carbonyl (C=O) groups is 1. The van der Waals surface area contributed by atoms with Crippen molar-refractivity contribution in [3.63, 3.8) is 0 Å². The molecule has 0 aliphatic carbocycles. The zero-order valence-electron chi connectivity index (χ0n) is 11.5. The van der Waals surface area contributed by atoms with Gasteiger partial charge in [0.15, 0.2) is 0 Å². The summed E-state index contributed by atoms with van der Waals surface area (Å²) < 4.78 is 0. The Hall–Kier alpha value is -0.590. The average molecular weight is 302 g/mol. The van der Waals surface area contributed by atoms with Crippen LogP contribution in [0.4, 0.5) is 0 Å². The van der Waals surface area contributed by atoms with Crippen molar-refractivity contribution in [1.29, 1.82) is 0 Å². The Kier molecular flexibility index (Phi) is 8.09. The number of nitrogens with zero attached hydrogens (tertiary/aromatic N) is 1. The Morgan fingerprint density at radius 2 is 2.42 bits per heavy atom. The van der Waals surface area contributed by atoms with Crippen molar-refractivity contribution >= 4 is 29.0 Å². The largest absolute Gasteiger partial charge is 0.396 e. The number of amides is 1. The van der Waals surface area contributed by atoms with Gasteiger partial charge in [0.2, 0.25) is 5.91 Å². The summed E-state index contributed by atoms with van der Waals surface area (Å²) in [7, 11) is 0. The fourth-order valence-corrected chi connectivity index (χ4v) is 3.20. The smallest absolute Gasteiger partial charge is 0.221 e. The molecule has 19 heavy (non-hydrogen) atoms. The lowest BCUT2D eigenvalue weighted by molar-refractivity contribution is -0.121. The minimum absolute atomic E-state index is 0.0715. The zero-order valence-corrected chi connectivity index (χ0v) is 13.1. The number of thioether (sulfide) groups is 1. The number of hydrogen-bond donors (Lipinski definition) is 2. The highest BCUT2D eigenvalue weighted by molar-refractivity contribution is 7.98. The van der Waals surface area contributed by atoms with Gasteiger partial charge in [-0.3, -0.25) is 4.79 Å². The molecule has 4 nitrogen and oxygen atoms in total. The summed E-state index contributed by atoms with van der Waals surface area (Å²) in [6, 6.07) is 0.101. The number of aliphatic hydroxyl groups excluding tert-OH is 1. The standard InChI is InChI=1S/C13H22N2O2S2/c1-3-11(4-6-16)15-13(17)5-7-18-8-12-9-19-10(2)14-12/h9,11,16H,3-8H2,1-2H3,(H,15,17). The fraction of sp³-hybridized carbons (Fsp3) is 0.692. The number of aryl methyl sites for hydroxylation is 1. The maximum atomic E-state index is 11.7. The molecule has 2 N–H and O–H groups in total. The van der Waals surface area contributed by atoms with E-state index in [2.05, 4.69) is 15.7 Å². The molecule has 1 rings (SSSR count). The molecule has 0 aromatic carbocycles. The number of hydrogen-bond acceptors (Lipinski definition) is 5. The molecule has 108 valence electrons. The first-order valence-electron chi connectivity index (χ1n) is 6.54. The van der Waals surface area contributed by atoms with E-state index in [0.29, 0.717) is 12.8 Å². The predicted molar refractivity (Wildman–Crippen MR) is 81.6 cm³/mol. The first-order chi connectivity index (χ1) is 9.15. The van der Waals surface area contributed by atoms with Gasteiger partial charge in [0.25, 0.3) is 0 Å². The molecule has 6 heteroatoms. The van der Waals surface area contributed by atoms with Crippen molar-refractivity contribution < 1.29 is 9.90 Å². The SMILES string of the molecule is CCC(CCO)NC(=O)CCSCc1csc(C)n1. The van der Waals surface area contributed by atoms with E-state index >= 15 is 0 Å². The molecular weight excluding hydrogens is 280 g/mol. The predicted octanol–water partition coefficient (Wildman–Crippen LogP) is 2.35. The quantitative estimate of drug-likeness (QED) is 0.687. The summed E-state index contributed by atoms with van der Waals surface area (Å²) in [4.78, 5) is 16.1. The topological polar surface area (TPSA) is 62.2 Å². The minimum atomic E-state index is 0.0715. The van der Waals surface area contributed by atoms with E-state index in [-0.39, 0.29) is 18.6 Å². The van der Waals surface area contributed by atoms with Gasteiger partial charge in [-0.25, -0.2) is 4.98 Å². The van der Waals surface area contributed by atoms with E-state index in [1.807, 2.05) is 13.8 Å². The second-order valence-electron chi connectivity index (χ2n) is 4.35. The molecule has 0 fully saturated rings. The van der Waals surface area contributed by atoms with Gasteiger partial charge in [0.1, 0.15) is 0 Å². The highest BCUT2D eigenvalue weighted by Gasteiger charge is 2.09. The molecule has 0 spiro atoms. The molecule has 0 aliphatic heterocycles. The van der Waals surface area contributed by atoms with Crippen molar-refractivity contribution in [2.45, 2.75) is 44.9 Å². The zero-order chi connectivity index (χ0) is 14.1. The first-order valence-corrected chi connectivity index (χ1v) is 8.58. The Labute approximate surface area is 123 Å². The monoisotopic (exact) mass is 302 g/mol. The van der Waals surface area contributed by atoms with Gasteiger partial charge in [0, 0.05) is 36.0 Å². The van der Waals surface area contributed by atoms with Crippen molar-refractivity contribution in [3.05, 3.63) is 16.1 Å².